The Morgan fingerprint density at radius 2 is 1.77 bits per heavy atom. The van der Waals surface area contributed by atoms with Crippen LogP contribution in [0.25, 0.3) is 0 Å². The van der Waals surface area contributed by atoms with Crippen molar-refractivity contribution in [2.75, 3.05) is 24.7 Å². The van der Waals surface area contributed by atoms with Crippen molar-refractivity contribution in [3.63, 3.8) is 0 Å². The maximum absolute atomic E-state index is 13.7. The lowest BCUT2D eigenvalue weighted by Crippen LogP contribution is -2.56. The molecule has 1 saturated carbocycles. The topological polar surface area (TPSA) is 76.1 Å². The van der Waals surface area contributed by atoms with Crippen molar-refractivity contribution in [1.82, 2.24) is 0 Å². The van der Waals surface area contributed by atoms with Crippen LogP contribution in [0.3, 0.4) is 0 Å². The first-order valence-corrected chi connectivity index (χ1v) is 13.0. The van der Waals surface area contributed by atoms with Gasteiger partial charge in [0.2, 0.25) is 0 Å². The van der Waals surface area contributed by atoms with E-state index in [4.69, 9.17) is 14.6 Å². The van der Waals surface area contributed by atoms with E-state index in [2.05, 4.69) is 0 Å². The van der Waals surface area contributed by atoms with E-state index in [1.54, 1.807) is 0 Å². The molecular weight excluding hydrogens is 442 g/mol. The van der Waals surface area contributed by atoms with Gasteiger partial charge in [0.25, 0.3) is 0 Å². The smallest absolute Gasteiger partial charge is 0.337 e. The minimum Gasteiger partial charge on any atom is -0.491 e. The largest absolute Gasteiger partial charge is 0.491 e. The summed E-state index contributed by atoms with van der Waals surface area (Å²) in [6.07, 6.45) is 7.45. The van der Waals surface area contributed by atoms with E-state index in [0.29, 0.717) is 24.6 Å². The van der Waals surface area contributed by atoms with Gasteiger partial charge in [0.15, 0.2) is 11.8 Å². The van der Waals surface area contributed by atoms with Crippen molar-refractivity contribution in [3.8, 4) is 5.75 Å². The number of cyclic esters (lactones) is 1. The second-order valence-electron chi connectivity index (χ2n) is 9.78. The Morgan fingerprint density at radius 3 is 2.40 bits per heavy atom. The van der Waals surface area contributed by atoms with Crippen molar-refractivity contribution in [3.05, 3.63) is 60.2 Å². The molecule has 0 amide bonds. The monoisotopic (exact) mass is 479 g/mol. The minimum atomic E-state index is -0.961. The number of nitrogens with zero attached hydrogens (tertiary/aromatic N) is 1. The molecule has 1 aliphatic heterocycles. The van der Waals surface area contributed by atoms with Gasteiger partial charge in [-0.1, -0.05) is 62.9 Å². The summed E-state index contributed by atoms with van der Waals surface area (Å²) >= 11 is 0. The molecule has 0 radical (unpaired) electrons. The molecule has 35 heavy (non-hydrogen) atoms. The molecule has 0 bridgehead atoms. The lowest BCUT2D eigenvalue weighted by molar-refractivity contribution is -0.175. The number of para-hydroxylation sites is 1. The summed E-state index contributed by atoms with van der Waals surface area (Å²) in [5, 5.41) is 9.03. The summed E-state index contributed by atoms with van der Waals surface area (Å²) in [6.45, 7) is 2.80. The number of benzene rings is 2. The van der Waals surface area contributed by atoms with Crippen LogP contribution in [0.2, 0.25) is 0 Å². The second-order valence-corrected chi connectivity index (χ2v) is 9.78. The molecule has 1 N–H and O–H groups in total. The third-order valence-corrected chi connectivity index (χ3v) is 7.32. The highest BCUT2D eigenvalue weighted by molar-refractivity contribution is 6.08. The van der Waals surface area contributed by atoms with Gasteiger partial charge in [-0.15, -0.1) is 0 Å². The summed E-state index contributed by atoms with van der Waals surface area (Å²) in [6, 6.07) is 16.1. The maximum Gasteiger partial charge on any atom is 0.337 e. The Balaban J connectivity index is 1.61. The van der Waals surface area contributed by atoms with E-state index in [-0.39, 0.29) is 25.4 Å². The molecule has 6 nitrogen and oxygen atoms in total. The number of Topliss-reactive ketones (excluding diaryl/α,β-unsaturated/α-hetero) is 1. The number of anilines is 1. The summed E-state index contributed by atoms with van der Waals surface area (Å²) < 4.78 is 11.8. The lowest BCUT2D eigenvalue weighted by Gasteiger charge is -2.43. The fourth-order valence-electron chi connectivity index (χ4n) is 5.56. The molecule has 2 aliphatic rings. The number of hydrogen-bond donors (Lipinski definition) is 1. The van der Waals surface area contributed by atoms with Crippen molar-refractivity contribution >= 4 is 17.4 Å². The van der Waals surface area contributed by atoms with Gasteiger partial charge in [-0.25, -0.2) is 4.79 Å². The van der Waals surface area contributed by atoms with Gasteiger partial charge in [0, 0.05) is 12.2 Å². The van der Waals surface area contributed by atoms with Crippen LogP contribution in [-0.2, 0) is 19.9 Å². The molecule has 0 spiro atoms. The Hall–Kier alpha value is -2.86. The van der Waals surface area contributed by atoms with Crippen LogP contribution in [-0.4, -0.2) is 42.7 Å². The first kappa shape index (κ1) is 25.2. The normalized spacial score (nSPS) is 22.7. The third kappa shape index (κ3) is 5.87. The number of carbonyl (C=O) groups is 2. The molecule has 2 fully saturated rings. The summed E-state index contributed by atoms with van der Waals surface area (Å²) in [4.78, 5) is 29.1. The molecule has 2 atom stereocenters. The van der Waals surface area contributed by atoms with E-state index < -0.39 is 17.6 Å². The molecule has 2 unspecified atom stereocenters. The molecule has 6 heteroatoms. The fourth-order valence-corrected chi connectivity index (χ4v) is 5.56. The van der Waals surface area contributed by atoms with Gasteiger partial charge in [0.05, 0.1) is 13.0 Å². The number of esters is 1. The van der Waals surface area contributed by atoms with Crippen LogP contribution in [0, 0.1) is 5.92 Å². The average Bonchev–Trinajstić information content (AvgIpc) is 3.40. The Labute approximate surface area is 208 Å². The first-order chi connectivity index (χ1) is 17.1. The first-order valence-electron chi connectivity index (χ1n) is 13.0. The highest BCUT2D eigenvalue weighted by atomic mass is 16.6. The van der Waals surface area contributed by atoms with Crippen molar-refractivity contribution in [2.24, 2.45) is 5.92 Å². The summed E-state index contributed by atoms with van der Waals surface area (Å²) in [5.74, 6) is 0.695. The highest BCUT2D eigenvalue weighted by Gasteiger charge is 2.50. The number of aliphatic hydroxyl groups excluding tert-OH is 1. The molecule has 4 rings (SSSR count). The minimum absolute atomic E-state index is 0.0593. The van der Waals surface area contributed by atoms with Crippen molar-refractivity contribution in [1.29, 1.82) is 0 Å². The zero-order chi connectivity index (χ0) is 24.7. The van der Waals surface area contributed by atoms with Crippen molar-refractivity contribution < 1.29 is 24.2 Å². The zero-order valence-corrected chi connectivity index (χ0v) is 20.7. The van der Waals surface area contributed by atoms with Crippen LogP contribution in [0.1, 0.15) is 63.9 Å². The van der Waals surface area contributed by atoms with E-state index >= 15 is 0 Å². The Morgan fingerprint density at radius 1 is 1.06 bits per heavy atom. The molecule has 0 aromatic heterocycles. The van der Waals surface area contributed by atoms with E-state index in [1.807, 2.05) is 66.4 Å². The van der Waals surface area contributed by atoms with E-state index in [1.165, 1.54) is 25.7 Å². The second kappa shape index (κ2) is 11.7. The van der Waals surface area contributed by atoms with Gasteiger partial charge in [-0.2, -0.15) is 0 Å². The van der Waals surface area contributed by atoms with Gasteiger partial charge in [0.1, 0.15) is 18.0 Å². The van der Waals surface area contributed by atoms with Crippen LogP contribution >= 0.6 is 0 Å². The Bertz CT molecular complexity index is 950. The predicted octanol–water partition coefficient (Wildman–Crippen LogP) is 5.02. The summed E-state index contributed by atoms with van der Waals surface area (Å²) in [5.41, 5.74) is 0.722. The molecule has 1 aliphatic carbocycles. The predicted molar refractivity (Wildman–Crippen MR) is 135 cm³/mol. The number of ketones is 1. The molecule has 1 heterocycles. The van der Waals surface area contributed by atoms with Gasteiger partial charge in [-0.3, -0.25) is 4.79 Å². The van der Waals surface area contributed by atoms with Crippen LogP contribution in [0.5, 0.6) is 5.75 Å². The van der Waals surface area contributed by atoms with Crippen LogP contribution in [0.4, 0.5) is 5.69 Å². The fraction of sp³-hybridized carbons (Fsp3) is 0.517. The number of carbonyl (C=O) groups excluding carboxylic acids is 2. The SMILES string of the molecule is CCCN(c1ccccc1)C1C(=O)CC(CCC2CCCC2)(c2ccc(OCCO)cc2)OC1=O. The average molecular weight is 480 g/mol. The molecular formula is C29H37NO5. The standard InChI is InChI=1S/C29H37NO5/c1-2-18-30(24-10-4-3-5-11-24)27-26(32)21-29(35-28(27)33,17-16-22-8-6-7-9-22)23-12-14-25(15-13-23)34-20-19-31/h3-5,10-15,22,27,31H,2,6-9,16-21H2,1H3. The zero-order valence-electron chi connectivity index (χ0n) is 20.7. The third-order valence-electron chi connectivity index (χ3n) is 7.32. The Kier molecular flexibility index (Phi) is 8.45. The summed E-state index contributed by atoms with van der Waals surface area (Å²) in [7, 11) is 0. The lowest BCUT2D eigenvalue weighted by atomic mass is 9.78. The number of ether oxygens (including phenoxy) is 2. The maximum atomic E-state index is 13.7. The number of aliphatic hydroxyl groups is 1. The molecule has 1 saturated heterocycles. The molecule has 2 aromatic rings. The van der Waals surface area contributed by atoms with Gasteiger partial charge in [-0.05, 0) is 55.0 Å². The number of hydrogen-bond acceptors (Lipinski definition) is 6. The van der Waals surface area contributed by atoms with Gasteiger partial charge < -0.3 is 19.5 Å². The molecule has 188 valence electrons. The highest BCUT2D eigenvalue weighted by Crippen LogP contribution is 2.43. The quantitative estimate of drug-likeness (QED) is 0.360. The van der Waals surface area contributed by atoms with Gasteiger partial charge >= 0.3 is 5.97 Å². The molecule has 2 aromatic carbocycles. The van der Waals surface area contributed by atoms with E-state index in [9.17, 15) is 9.59 Å². The number of rotatable bonds is 11. The van der Waals surface area contributed by atoms with Crippen LogP contribution in [0.15, 0.2) is 54.6 Å². The van der Waals surface area contributed by atoms with Crippen LogP contribution < -0.4 is 9.64 Å². The van der Waals surface area contributed by atoms with Crippen molar-refractivity contribution in [2.45, 2.75) is 69.9 Å². The van der Waals surface area contributed by atoms with E-state index in [0.717, 1.165) is 24.1 Å².